The van der Waals surface area contributed by atoms with E-state index in [1.807, 2.05) is 0 Å². The summed E-state index contributed by atoms with van der Waals surface area (Å²) in [6.45, 7) is 1.55. The van der Waals surface area contributed by atoms with Gasteiger partial charge in [-0.25, -0.2) is 4.98 Å². The molecule has 2 aromatic rings. The number of hydrogen-bond donors (Lipinski definition) is 1. The van der Waals surface area contributed by atoms with E-state index in [-0.39, 0.29) is 10.8 Å². The Balaban J connectivity index is 2.31. The number of aromatic amines is 1. The molecule has 0 bridgehead atoms. The first-order chi connectivity index (χ1) is 8.59. The molecule has 8 heteroatoms. The summed E-state index contributed by atoms with van der Waals surface area (Å²) in [5.41, 5.74) is 0.573. The van der Waals surface area contributed by atoms with Gasteiger partial charge in [-0.1, -0.05) is 6.07 Å². The predicted molar refractivity (Wildman–Crippen MR) is 64.4 cm³/mol. The van der Waals surface area contributed by atoms with Gasteiger partial charge in [-0.05, 0) is 24.8 Å². The van der Waals surface area contributed by atoms with Gasteiger partial charge >= 0.3 is 0 Å². The number of carbonyl (C=O) groups is 1. The van der Waals surface area contributed by atoms with E-state index in [0.717, 1.165) is 11.8 Å². The Morgan fingerprint density at radius 3 is 2.89 bits per heavy atom. The van der Waals surface area contributed by atoms with E-state index in [4.69, 9.17) is 0 Å². The number of aromatic nitrogens is 3. The Labute approximate surface area is 106 Å². The average molecular weight is 264 g/mol. The van der Waals surface area contributed by atoms with Crippen LogP contribution in [0.1, 0.15) is 15.9 Å². The molecule has 0 unspecified atom stereocenters. The molecule has 0 aliphatic carbocycles. The second-order valence-electron chi connectivity index (χ2n) is 3.39. The van der Waals surface area contributed by atoms with Crippen LogP contribution < -0.4 is 0 Å². The Kier molecular flexibility index (Phi) is 3.38. The lowest BCUT2D eigenvalue weighted by Crippen LogP contribution is -2.01. The summed E-state index contributed by atoms with van der Waals surface area (Å²) in [6, 6.07) is 4.40. The molecule has 0 saturated heterocycles. The van der Waals surface area contributed by atoms with Crippen molar-refractivity contribution in [2.24, 2.45) is 0 Å². The molecule has 0 spiro atoms. The number of thioether (sulfide) groups is 1. The highest BCUT2D eigenvalue weighted by atomic mass is 32.2. The van der Waals surface area contributed by atoms with E-state index in [1.54, 1.807) is 13.0 Å². The maximum Gasteiger partial charge on any atom is 0.273 e. The lowest BCUT2D eigenvalue weighted by Gasteiger charge is -2.03. The number of nitro groups is 1. The molecule has 0 fully saturated rings. The highest BCUT2D eigenvalue weighted by molar-refractivity contribution is 8.14. The maximum absolute atomic E-state index is 12.0. The lowest BCUT2D eigenvalue weighted by atomic mass is 10.1. The highest BCUT2D eigenvalue weighted by Gasteiger charge is 2.19. The molecule has 0 saturated carbocycles. The van der Waals surface area contributed by atoms with Crippen molar-refractivity contribution in [1.29, 1.82) is 0 Å². The minimum Gasteiger partial charge on any atom is -0.281 e. The molecule has 1 aromatic carbocycles. The predicted octanol–water partition coefficient (Wildman–Crippen LogP) is 1.95. The molecule has 18 heavy (non-hydrogen) atoms. The third-order valence-electron chi connectivity index (χ3n) is 2.30. The van der Waals surface area contributed by atoms with Gasteiger partial charge in [0.25, 0.3) is 5.69 Å². The van der Waals surface area contributed by atoms with Gasteiger partial charge in [0.1, 0.15) is 6.33 Å². The van der Waals surface area contributed by atoms with Crippen LogP contribution in [0.5, 0.6) is 0 Å². The number of H-pyrrole nitrogens is 1. The van der Waals surface area contributed by atoms with Crippen LogP contribution in [-0.4, -0.2) is 25.2 Å². The fourth-order valence-electron chi connectivity index (χ4n) is 1.43. The minimum absolute atomic E-state index is 0.0704. The van der Waals surface area contributed by atoms with Crippen LogP contribution in [-0.2, 0) is 0 Å². The number of nitrogens with one attached hydrogen (secondary N) is 1. The molecule has 0 amide bonds. The van der Waals surface area contributed by atoms with Crippen molar-refractivity contribution in [3.05, 3.63) is 45.8 Å². The van der Waals surface area contributed by atoms with E-state index in [0.29, 0.717) is 16.3 Å². The van der Waals surface area contributed by atoms with Crippen LogP contribution in [0.4, 0.5) is 5.69 Å². The third-order valence-corrected chi connectivity index (χ3v) is 3.10. The van der Waals surface area contributed by atoms with E-state index >= 15 is 0 Å². The molecule has 0 atom stereocenters. The quantitative estimate of drug-likeness (QED) is 0.516. The minimum atomic E-state index is -0.509. The van der Waals surface area contributed by atoms with Gasteiger partial charge in [0.05, 0.1) is 4.92 Å². The first kappa shape index (κ1) is 12.2. The van der Waals surface area contributed by atoms with E-state index in [2.05, 4.69) is 15.2 Å². The third kappa shape index (κ3) is 2.38. The van der Waals surface area contributed by atoms with Gasteiger partial charge in [-0.15, -0.1) is 0 Å². The second-order valence-corrected chi connectivity index (χ2v) is 4.35. The van der Waals surface area contributed by atoms with Gasteiger partial charge in [0, 0.05) is 17.2 Å². The van der Waals surface area contributed by atoms with Gasteiger partial charge in [0.15, 0.2) is 5.16 Å². The Morgan fingerprint density at radius 1 is 1.50 bits per heavy atom. The van der Waals surface area contributed by atoms with E-state index < -0.39 is 4.92 Å². The molecule has 92 valence electrons. The molecular formula is C10H8N4O3S. The zero-order valence-corrected chi connectivity index (χ0v) is 10.1. The zero-order chi connectivity index (χ0) is 13.1. The summed E-state index contributed by atoms with van der Waals surface area (Å²) < 4.78 is 0. The van der Waals surface area contributed by atoms with Crippen molar-refractivity contribution in [3.8, 4) is 0 Å². The smallest absolute Gasteiger partial charge is 0.273 e. The summed E-state index contributed by atoms with van der Waals surface area (Å²) in [7, 11) is 0. The number of nitro benzene ring substituents is 1. The zero-order valence-electron chi connectivity index (χ0n) is 9.28. The maximum atomic E-state index is 12.0. The molecule has 1 heterocycles. The topological polar surface area (TPSA) is 102 Å². The fraction of sp³-hybridized carbons (Fsp3) is 0.100. The summed E-state index contributed by atoms with van der Waals surface area (Å²) >= 11 is 0.847. The molecule has 0 aliphatic heterocycles. The van der Waals surface area contributed by atoms with Crippen molar-refractivity contribution in [1.82, 2.24) is 15.2 Å². The van der Waals surface area contributed by atoms with Crippen LogP contribution in [0.25, 0.3) is 0 Å². The summed E-state index contributed by atoms with van der Waals surface area (Å²) in [4.78, 5) is 26.0. The lowest BCUT2D eigenvalue weighted by molar-refractivity contribution is -0.385. The molecule has 0 aliphatic rings. The second kappa shape index (κ2) is 4.96. The summed E-state index contributed by atoms with van der Waals surface area (Å²) in [5.74, 6) is 0. The van der Waals surface area contributed by atoms with Gasteiger partial charge in [0.2, 0.25) is 5.12 Å². The summed E-state index contributed by atoms with van der Waals surface area (Å²) in [6.07, 6.45) is 1.29. The van der Waals surface area contributed by atoms with Crippen LogP contribution >= 0.6 is 11.8 Å². The molecular weight excluding hydrogens is 256 g/mol. The SMILES string of the molecule is Cc1c(C(=O)Sc2ncn[nH]2)cccc1[N+](=O)[O-]. The van der Waals surface area contributed by atoms with Crippen molar-refractivity contribution >= 4 is 22.6 Å². The van der Waals surface area contributed by atoms with Crippen LogP contribution in [0.15, 0.2) is 29.7 Å². The van der Waals surface area contributed by atoms with Crippen molar-refractivity contribution in [2.75, 3.05) is 0 Å². The van der Waals surface area contributed by atoms with Crippen LogP contribution in [0.3, 0.4) is 0 Å². The van der Waals surface area contributed by atoms with Crippen molar-refractivity contribution in [2.45, 2.75) is 12.1 Å². The van der Waals surface area contributed by atoms with Crippen LogP contribution in [0.2, 0.25) is 0 Å². The number of nitrogens with zero attached hydrogens (tertiary/aromatic N) is 3. The molecule has 2 rings (SSSR count). The van der Waals surface area contributed by atoms with Crippen molar-refractivity contribution in [3.63, 3.8) is 0 Å². The van der Waals surface area contributed by atoms with Crippen molar-refractivity contribution < 1.29 is 9.72 Å². The van der Waals surface area contributed by atoms with E-state index in [1.165, 1.54) is 18.5 Å². The number of carbonyl (C=O) groups excluding carboxylic acids is 1. The van der Waals surface area contributed by atoms with E-state index in [9.17, 15) is 14.9 Å². The van der Waals surface area contributed by atoms with Crippen LogP contribution in [0, 0.1) is 17.0 Å². The number of benzene rings is 1. The van der Waals surface area contributed by atoms with Gasteiger partial charge < -0.3 is 0 Å². The molecule has 7 nitrogen and oxygen atoms in total. The summed E-state index contributed by atoms with van der Waals surface area (Å²) in [5, 5.41) is 17.0. The molecule has 1 N–H and O–H groups in total. The monoisotopic (exact) mass is 264 g/mol. The Morgan fingerprint density at radius 2 is 2.28 bits per heavy atom. The highest BCUT2D eigenvalue weighted by Crippen LogP contribution is 2.26. The molecule has 0 radical (unpaired) electrons. The first-order valence-corrected chi connectivity index (χ1v) is 5.73. The fourth-order valence-corrected chi connectivity index (χ4v) is 2.13. The van der Waals surface area contributed by atoms with Gasteiger partial charge in [-0.2, -0.15) is 5.10 Å². The normalized spacial score (nSPS) is 10.3. The number of hydrogen-bond acceptors (Lipinski definition) is 6. The van der Waals surface area contributed by atoms with Gasteiger partial charge in [-0.3, -0.25) is 20.0 Å². The first-order valence-electron chi connectivity index (χ1n) is 4.91. The number of rotatable bonds is 3. The molecule has 1 aromatic heterocycles. The Hall–Kier alpha value is -2.22. The Bertz CT molecular complexity index is 597. The largest absolute Gasteiger partial charge is 0.281 e. The average Bonchev–Trinajstić information content (AvgIpc) is 2.81. The standard InChI is InChI=1S/C10H8N4O3S/c1-6-7(3-2-4-8(6)14(16)17)9(15)18-10-11-5-12-13-10/h2-5H,1H3,(H,11,12,13).